The van der Waals surface area contributed by atoms with Crippen LogP contribution in [0.2, 0.25) is 0 Å². The van der Waals surface area contributed by atoms with Crippen LogP contribution in [0.25, 0.3) is 0 Å². The van der Waals surface area contributed by atoms with Gasteiger partial charge in [-0.1, -0.05) is 72.9 Å². The fourth-order valence-electron chi connectivity index (χ4n) is 2.95. The van der Waals surface area contributed by atoms with Gasteiger partial charge >= 0.3 is 0 Å². The Morgan fingerprint density at radius 2 is 1.22 bits per heavy atom. The van der Waals surface area contributed by atoms with Crippen molar-refractivity contribution < 1.29 is 14.2 Å². The Kier molecular flexibility index (Phi) is 8.68. The Morgan fingerprint density at radius 1 is 0.704 bits per heavy atom. The molecule has 2 aromatic carbocycles. The largest absolute Gasteiger partial charge is 0.490 e. The molecule has 27 heavy (non-hydrogen) atoms. The Bertz CT molecular complexity index is 669. The second kappa shape index (κ2) is 10.2. The quantitative estimate of drug-likeness (QED) is 0.610. The molecule has 150 valence electrons. The molecule has 0 fully saturated rings. The molecule has 0 radical (unpaired) electrons. The molecular weight excluding hydrogens is 336 g/mol. The third kappa shape index (κ3) is 5.66. The van der Waals surface area contributed by atoms with Crippen LogP contribution < -0.4 is 14.2 Å². The standard InChI is InChI=1S/C11H14O2.C11H14O.2CH4/c1-8(2)11-7-12-9-5-3-4-6-10(9)13-11;1-8(2)11-7-9-5-3-4-6-10(9)12-11;;/h3-6,8,11H,7H2,1-2H3;3-6,8,11H,7H2,1-2H3;2*1H4. The molecule has 2 unspecified atom stereocenters. The van der Waals surface area contributed by atoms with E-state index in [9.17, 15) is 0 Å². The van der Waals surface area contributed by atoms with E-state index in [0.717, 1.165) is 23.7 Å². The molecule has 0 aromatic heterocycles. The minimum absolute atomic E-state index is 0. The molecule has 2 aliphatic heterocycles. The summed E-state index contributed by atoms with van der Waals surface area (Å²) in [6.45, 7) is 9.35. The molecule has 4 rings (SSSR count). The highest BCUT2D eigenvalue weighted by Crippen LogP contribution is 2.32. The third-order valence-corrected chi connectivity index (χ3v) is 4.69. The molecule has 0 amide bonds. The van der Waals surface area contributed by atoms with Crippen LogP contribution in [-0.4, -0.2) is 18.8 Å². The molecule has 0 saturated heterocycles. The Morgan fingerprint density at radius 3 is 1.81 bits per heavy atom. The predicted octanol–water partition coefficient (Wildman–Crippen LogP) is 6.40. The first-order chi connectivity index (χ1) is 12.0. The molecule has 0 N–H and O–H groups in total. The van der Waals surface area contributed by atoms with E-state index >= 15 is 0 Å². The SMILES string of the molecule is C.C.CC(C)C1COc2ccccc2O1.CC(C)C1Cc2ccccc2O1. The maximum absolute atomic E-state index is 5.77. The topological polar surface area (TPSA) is 27.7 Å². The third-order valence-electron chi connectivity index (χ3n) is 4.69. The summed E-state index contributed by atoms with van der Waals surface area (Å²) in [6.07, 6.45) is 1.66. The van der Waals surface area contributed by atoms with Crippen LogP contribution in [0, 0.1) is 11.8 Å². The Labute approximate surface area is 165 Å². The van der Waals surface area contributed by atoms with E-state index in [1.165, 1.54) is 5.56 Å². The molecule has 3 nitrogen and oxygen atoms in total. The number of hydrogen-bond donors (Lipinski definition) is 0. The van der Waals surface area contributed by atoms with Crippen molar-refractivity contribution in [3.05, 3.63) is 54.1 Å². The van der Waals surface area contributed by atoms with Gasteiger partial charge in [0.05, 0.1) is 0 Å². The molecular formula is C24H36O3. The molecule has 2 heterocycles. The molecule has 0 bridgehead atoms. The van der Waals surface area contributed by atoms with Crippen LogP contribution in [0.15, 0.2) is 48.5 Å². The molecule has 2 aromatic rings. The predicted molar refractivity (Wildman–Crippen MR) is 114 cm³/mol. The average molecular weight is 373 g/mol. The summed E-state index contributed by atoms with van der Waals surface area (Å²) < 4.78 is 17.1. The zero-order chi connectivity index (χ0) is 17.8. The van der Waals surface area contributed by atoms with Gasteiger partial charge in [0.15, 0.2) is 11.5 Å². The van der Waals surface area contributed by atoms with Gasteiger partial charge in [0.1, 0.15) is 24.6 Å². The van der Waals surface area contributed by atoms with Gasteiger partial charge in [-0.25, -0.2) is 0 Å². The van der Waals surface area contributed by atoms with E-state index in [4.69, 9.17) is 14.2 Å². The van der Waals surface area contributed by atoms with E-state index < -0.39 is 0 Å². The van der Waals surface area contributed by atoms with Crippen molar-refractivity contribution in [3.8, 4) is 17.2 Å². The van der Waals surface area contributed by atoms with E-state index in [2.05, 4.69) is 45.9 Å². The smallest absolute Gasteiger partial charge is 0.161 e. The minimum atomic E-state index is 0. The van der Waals surface area contributed by atoms with Gasteiger partial charge in [0, 0.05) is 6.42 Å². The van der Waals surface area contributed by atoms with Crippen LogP contribution in [0.3, 0.4) is 0 Å². The van der Waals surface area contributed by atoms with Crippen molar-refractivity contribution in [2.75, 3.05) is 6.61 Å². The summed E-state index contributed by atoms with van der Waals surface area (Å²) in [5, 5.41) is 0. The van der Waals surface area contributed by atoms with Crippen LogP contribution in [0.4, 0.5) is 0 Å². The number of fused-ring (bicyclic) bond motifs is 2. The molecule has 2 atom stereocenters. The fourth-order valence-corrected chi connectivity index (χ4v) is 2.95. The van der Waals surface area contributed by atoms with Gasteiger partial charge in [-0.05, 0) is 35.6 Å². The molecule has 0 spiro atoms. The van der Waals surface area contributed by atoms with Crippen molar-refractivity contribution >= 4 is 0 Å². The van der Waals surface area contributed by atoms with Crippen molar-refractivity contribution in [3.63, 3.8) is 0 Å². The Hall–Kier alpha value is -2.16. The van der Waals surface area contributed by atoms with Gasteiger partial charge in [0.25, 0.3) is 0 Å². The van der Waals surface area contributed by atoms with Crippen LogP contribution >= 0.6 is 0 Å². The first-order valence-electron chi connectivity index (χ1n) is 9.17. The maximum atomic E-state index is 5.77. The van der Waals surface area contributed by atoms with Gasteiger partial charge in [-0.3, -0.25) is 0 Å². The lowest BCUT2D eigenvalue weighted by molar-refractivity contribution is 0.0591. The second-order valence-corrected chi connectivity index (χ2v) is 7.37. The first-order valence-corrected chi connectivity index (χ1v) is 9.17. The number of ether oxygens (including phenoxy) is 3. The van der Waals surface area contributed by atoms with Crippen molar-refractivity contribution in [2.24, 2.45) is 11.8 Å². The minimum Gasteiger partial charge on any atom is -0.490 e. The highest BCUT2D eigenvalue weighted by Gasteiger charge is 2.24. The number of hydrogen-bond acceptors (Lipinski definition) is 3. The second-order valence-electron chi connectivity index (χ2n) is 7.37. The van der Waals surface area contributed by atoms with Crippen LogP contribution in [0.1, 0.15) is 48.1 Å². The molecule has 0 aliphatic carbocycles. The fraction of sp³-hybridized carbons (Fsp3) is 0.500. The van der Waals surface area contributed by atoms with Crippen molar-refractivity contribution in [2.45, 2.75) is 61.2 Å². The average Bonchev–Trinajstić information content (AvgIpc) is 3.06. The lowest BCUT2D eigenvalue weighted by Gasteiger charge is -2.28. The van der Waals surface area contributed by atoms with E-state index in [1.54, 1.807) is 0 Å². The molecule has 2 aliphatic rings. The number of para-hydroxylation sites is 3. The van der Waals surface area contributed by atoms with E-state index in [0.29, 0.717) is 24.5 Å². The number of rotatable bonds is 2. The zero-order valence-corrected chi connectivity index (χ0v) is 15.6. The van der Waals surface area contributed by atoms with Crippen molar-refractivity contribution in [1.29, 1.82) is 0 Å². The summed E-state index contributed by atoms with van der Waals surface area (Å²) in [6, 6.07) is 16.1. The zero-order valence-electron chi connectivity index (χ0n) is 15.6. The lowest BCUT2D eigenvalue weighted by atomic mass is 10.0. The summed E-state index contributed by atoms with van der Waals surface area (Å²) in [4.78, 5) is 0. The summed E-state index contributed by atoms with van der Waals surface area (Å²) in [5.41, 5.74) is 1.36. The maximum Gasteiger partial charge on any atom is 0.161 e. The van der Waals surface area contributed by atoms with Gasteiger partial charge in [-0.2, -0.15) is 0 Å². The Balaban J connectivity index is 0.000000252. The highest BCUT2D eigenvalue weighted by molar-refractivity contribution is 5.40. The van der Waals surface area contributed by atoms with Crippen LogP contribution in [0.5, 0.6) is 17.2 Å². The van der Waals surface area contributed by atoms with Gasteiger partial charge in [0.2, 0.25) is 0 Å². The summed E-state index contributed by atoms with van der Waals surface area (Å²) in [5.74, 6) is 3.91. The first kappa shape index (κ1) is 22.9. The van der Waals surface area contributed by atoms with E-state index in [-0.39, 0.29) is 21.0 Å². The van der Waals surface area contributed by atoms with Gasteiger partial charge in [-0.15, -0.1) is 0 Å². The monoisotopic (exact) mass is 372 g/mol. The van der Waals surface area contributed by atoms with Crippen molar-refractivity contribution in [1.82, 2.24) is 0 Å². The normalized spacial score (nSPS) is 19.0. The van der Waals surface area contributed by atoms with Gasteiger partial charge < -0.3 is 14.2 Å². The molecule has 0 saturated carbocycles. The number of benzene rings is 2. The van der Waals surface area contributed by atoms with E-state index in [1.807, 2.05) is 30.3 Å². The highest BCUT2D eigenvalue weighted by atomic mass is 16.6. The molecule has 3 heteroatoms. The summed E-state index contributed by atoms with van der Waals surface area (Å²) >= 11 is 0. The summed E-state index contributed by atoms with van der Waals surface area (Å²) in [7, 11) is 0. The van der Waals surface area contributed by atoms with Crippen LogP contribution in [-0.2, 0) is 6.42 Å². The lowest BCUT2D eigenvalue weighted by Crippen LogP contribution is -2.33.